The minimum atomic E-state index is -4.27. The van der Waals surface area contributed by atoms with Gasteiger partial charge in [0.15, 0.2) is 0 Å². The molecule has 0 aliphatic carbocycles. The van der Waals surface area contributed by atoms with E-state index in [2.05, 4.69) is 0 Å². The Hall–Kier alpha value is -0.813. The van der Waals surface area contributed by atoms with Gasteiger partial charge in [-0.15, -0.1) is 0 Å². The molecular formula is C10H13F3OSi. The van der Waals surface area contributed by atoms with Crippen molar-refractivity contribution in [3.05, 3.63) is 35.4 Å². The van der Waals surface area contributed by atoms with Crippen LogP contribution in [0, 0.1) is 0 Å². The van der Waals surface area contributed by atoms with Gasteiger partial charge in [0.25, 0.3) is 0 Å². The summed E-state index contributed by atoms with van der Waals surface area (Å²) in [6, 6.07) is 5.08. The van der Waals surface area contributed by atoms with Crippen LogP contribution in [0.25, 0.3) is 0 Å². The quantitative estimate of drug-likeness (QED) is 0.713. The van der Waals surface area contributed by atoms with Gasteiger partial charge >= 0.3 is 6.18 Å². The predicted octanol–water partition coefficient (Wildman–Crippen LogP) is 2.24. The maximum absolute atomic E-state index is 12.3. The van der Waals surface area contributed by atoms with E-state index in [1.807, 2.05) is 13.8 Å². The smallest absolute Gasteiger partial charge is 0.416 e. The van der Waals surface area contributed by atoms with Crippen molar-refractivity contribution >= 4 is 10.5 Å². The van der Waals surface area contributed by atoms with E-state index in [-0.39, 0.29) is 0 Å². The highest BCUT2D eigenvalue weighted by Gasteiger charge is 2.30. The molecule has 1 nitrogen and oxygen atoms in total. The third-order valence-electron chi connectivity index (χ3n) is 2.42. The molecule has 0 aliphatic heterocycles. The predicted molar refractivity (Wildman–Crippen MR) is 55.5 cm³/mol. The second kappa shape index (κ2) is 3.98. The molecule has 0 aromatic heterocycles. The van der Waals surface area contributed by atoms with Crippen LogP contribution >= 0.6 is 0 Å². The second-order valence-electron chi connectivity index (χ2n) is 3.79. The summed E-state index contributed by atoms with van der Waals surface area (Å²) in [6.07, 6.45) is -4.27. The zero-order valence-electron chi connectivity index (χ0n) is 8.85. The van der Waals surface area contributed by atoms with Crippen LogP contribution in [0.1, 0.15) is 25.0 Å². The van der Waals surface area contributed by atoms with E-state index in [0.717, 1.165) is 17.7 Å². The van der Waals surface area contributed by atoms with Crippen molar-refractivity contribution in [3.8, 4) is 0 Å². The number of hydrogen-bond donors (Lipinski definition) is 0. The van der Waals surface area contributed by atoms with Crippen LogP contribution in [-0.4, -0.2) is 10.5 Å². The molecule has 0 spiro atoms. The van der Waals surface area contributed by atoms with E-state index in [1.165, 1.54) is 12.1 Å². The molecular weight excluding hydrogens is 221 g/mol. The standard InChI is InChI=1S/C10H13F3OSi/c1-9(2,14-15)7-3-5-8(6-4-7)10(11,12)13/h3-6H,1-2,15H3. The van der Waals surface area contributed by atoms with E-state index in [4.69, 9.17) is 4.43 Å². The highest BCUT2D eigenvalue weighted by atomic mass is 28.2. The first-order chi connectivity index (χ1) is 6.77. The topological polar surface area (TPSA) is 9.23 Å². The number of benzene rings is 1. The van der Waals surface area contributed by atoms with Crippen molar-refractivity contribution in [3.63, 3.8) is 0 Å². The molecule has 15 heavy (non-hydrogen) atoms. The zero-order valence-corrected chi connectivity index (χ0v) is 10.9. The summed E-state index contributed by atoms with van der Waals surface area (Å²) in [4.78, 5) is 0. The second-order valence-corrected chi connectivity index (χ2v) is 4.20. The largest absolute Gasteiger partial charge is 0.419 e. The van der Waals surface area contributed by atoms with Gasteiger partial charge in [-0.1, -0.05) is 12.1 Å². The van der Waals surface area contributed by atoms with Crippen molar-refractivity contribution in [2.24, 2.45) is 0 Å². The first-order valence-corrected chi connectivity index (χ1v) is 5.32. The Kier molecular flexibility index (Phi) is 3.25. The van der Waals surface area contributed by atoms with Crippen LogP contribution in [0.4, 0.5) is 13.2 Å². The van der Waals surface area contributed by atoms with Gasteiger partial charge in [-0.2, -0.15) is 13.2 Å². The molecule has 0 N–H and O–H groups in total. The van der Waals surface area contributed by atoms with Crippen LogP contribution < -0.4 is 0 Å². The Bertz CT molecular complexity index is 330. The fourth-order valence-corrected chi connectivity index (χ4v) is 1.41. The molecule has 0 heterocycles. The first kappa shape index (κ1) is 12.3. The summed E-state index contributed by atoms with van der Waals surface area (Å²) in [5, 5.41) is 0. The Balaban J connectivity index is 3.01. The maximum atomic E-state index is 12.3. The van der Waals surface area contributed by atoms with E-state index >= 15 is 0 Å². The van der Waals surface area contributed by atoms with Gasteiger partial charge in [-0.25, -0.2) is 0 Å². The molecule has 0 amide bonds. The molecule has 0 atom stereocenters. The SMILES string of the molecule is CC(C)(O[SiH3])c1ccc(C(F)(F)F)cc1. The number of halogens is 3. The van der Waals surface area contributed by atoms with Crippen LogP contribution in [0.2, 0.25) is 0 Å². The molecule has 0 saturated heterocycles. The molecule has 1 aromatic carbocycles. The van der Waals surface area contributed by atoms with Gasteiger partial charge in [0.1, 0.15) is 10.5 Å². The monoisotopic (exact) mass is 234 g/mol. The van der Waals surface area contributed by atoms with Crippen LogP contribution in [-0.2, 0) is 16.2 Å². The van der Waals surface area contributed by atoms with Crippen molar-refractivity contribution in [1.29, 1.82) is 0 Å². The summed E-state index contributed by atoms with van der Waals surface area (Å²) >= 11 is 0. The summed E-state index contributed by atoms with van der Waals surface area (Å²) in [5.41, 5.74) is -0.378. The van der Waals surface area contributed by atoms with Gasteiger partial charge in [0, 0.05) is 0 Å². The molecule has 0 fully saturated rings. The molecule has 0 radical (unpaired) electrons. The molecule has 5 heteroatoms. The Labute approximate surface area is 89.8 Å². The summed E-state index contributed by atoms with van der Waals surface area (Å²) in [7, 11) is 0.549. The average molecular weight is 234 g/mol. The van der Waals surface area contributed by atoms with E-state index in [9.17, 15) is 13.2 Å². The Morgan fingerprint density at radius 2 is 1.40 bits per heavy atom. The molecule has 0 aliphatic rings. The lowest BCUT2D eigenvalue weighted by atomic mass is 9.97. The fourth-order valence-electron chi connectivity index (χ4n) is 1.18. The zero-order chi connectivity index (χ0) is 11.7. The average Bonchev–Trinajstić information content (AvgIpc) is 2.17. The van der Waals surface area contributed by atoms with Gasteiger partial charge in [0.05, 0.1) is 11.2 Å². The van der Waals surface area contributed by atoms with Crippen LogP contribution in [0.15, 0.2) is 24.3 Å². The van der Waals surface area contributed by atoms with Crippen molar-refractivity contribution in [1.82, 2.24) is 0 Å². The number of rotatable bonds is 2. The van der Waals surface area contributed by atoms with Crippen molar-refractivity contribution < 1.29 is 17.6 Å². The fraction of sp³-hybridized carbons (Fsp3) is 0.400. The third kappa shape index (κ3) is 2.82. The molecule has 1 rings (SSSR count). The molecule has 0 bridgehead atoms. The van der Waals surface area contributed by atoms with E-state index in [0.29, 0.717) is 10.5 Å². The summed E-state index contributed by atoms with van der Waals surface area (Å²) in [6.45, 7) is 3.67. The summed E-state index contributed by atoms with van der Waals surface area (Å²) < 4.78 is 42.1. The number of hydrogen-bond acceptors (Lipinski definition) is 1. The van der Waals surface area contributed by atoms with E-state index < -0.39 is 17.3 Å². The van der Waals surface area contributed by atoms with Gasteiger partial charge in [-0.05, 0) is 31.5 Å². The van der Waals surface area contributed by atoms with Crippen LogP contribution in [0.5, 0.6) is 0 Å². The minimum absolute atomic E-state index is 0.504. The highest BCUT2D eigenvalue weighted by molar-refractivity contribution is 5.98. The normalized spacial score (nSPS) is 13.1. The highest BCUT2D eigenvalue weighted by Crippen LogP contribution is 2.31. The van der Waals surface area contributed by atoms with Crippen molar-refractivity contribution in [2.75, 3.05) is 0 Å². The van der Waals surface area contributed by atoms with Gasteiger partial charge in [-0.3, -0.25) is 0 Å². The molecule has 1 aromatic rings. The Morgan fingerprint density at radius 1 is 1.00 bits per heavy atom. The van der Waals surface area contributed by atoms with Crippen LogP contribution in [0.3, 0.4) is 0 Å². The lowest BCUT2D eigenvalue weighted by Gasteiger charge is -2.24. The molecule has 84 valence electrons. The lowest BCUT2D eigenvalue weighted by Crippen LogP contribution is -2.20. The third-order valence-corrected chi connectivity index (χ3v) is 3.44. The molecule has 0 saturated carbocycles. The summed E-state index contributed by atoms with van der Waals surface area (Å²) in [5.74, 6) is 0. The minimum Gasteiger partial charge on any atom is -0.419 e. The molecule has 0 unspecified atom stereocenters. The van der Waals surface area contributed by atoms with E-state index in [1.54, 1.807) is 0 Å². The Morgan fingerprint density at radius 3 is 1.73 bits per heavy atom. The maximum Gasteiger partial charge on any atom is 0.416 e. The number of alkyl halides is 3. The first-order valence-electron chi connectivity index (χ1n) is 4.50. The van der Waals surface area contributed by atoms with Gasteiger partial charge < -0.3 is 4.43 Å². The lowest BCUT2D eigenvalue weighted by molar-refractivity contribution is -0.137. The van der Waals surface area contributed by atoms with Gasteiger partial charge in [0.2, 0.25) is 0 Å². The van der Waals surface area contributed by atoms with Crippen molar-refractivity contribution in [2.45, 2.75) is 25.6 Å².